The highest BCUT2D eigenvalue weighted by molar-refractivity contribution is 6.35. The Kier molecular flexibility index (Phi) is 3.66. The number of halogens is 3. The number of hydrogen-bond acceptors (Lipinski definition) is 1. The van der Waals surface area contributed by atoms with E-state index in [1.165, 1.54) is 0 Å². The first-order valence-electron chi connectivity index (χ1n) is 3.34. The van der Waals surface area contributed by atoms with Crippen LogP contribution >= 0.6 is 34.8 Å². The molecule has 1 nitrogen and oxygen atoms in total. The van der Waals surface area contributed by atoms with Gasteiger partial charge in [-0.3, -0.25) is 0 Å². The number of rotatable bonds is 2. The lowest BCUT2D eigenvalue weighted by Gasteiger charge is -2.08. The van der Waals surface area contributed by atoms with Crippen molar-refractivity contribution in [2.75, 3.05) is 5.88 Å². The standard InChI is InChI=1S/C8H7Cl3O/c9-4-8(12)6-2-1-5(10)3-7(6)11/h1-3,8,12H,4H2. The highest BCUT2D eigenvalue weighted by atomic mass is 35.5. The van der Waals surface area contributed by atoms with Crippen molar-refractivity contribution >= 4 is 34.8 Å². The van der Waals surface area contributed by atoms with Gasteiger partial charge in [0.15, 0.2) is 0 Å². The Morgan fingerprint density at radius 3 is 2.50 bits per heavy atom. The summed E-state index contributed by atoms with van der Waals surface area (Å²) >= 11 is 16.9. The maximum atomic E-state index is 9.34. The van der Waals surface area contributed by atoms with Crippen molar-refractivity contribution in [3.63, 3.8) is 0 Å². The summed E-state index contributed by atoms with van der Waals surface area (Å²) in [5.74, 6) is 0.126. The van der Waals surface area contributed by atoms with E-state index in [2.05, 4.69) is 0 Å². The van der Waals surface area contributed by atoms with Crippen LogP contribution in [0.25, 0.3) is 0 Å². The number of benzene rings is 1. The van der Waals surface area contributed by atoms with Crippen molar-refractivity contribution in [1.29, 1.82) is 0 Å². The molecular weight excluding hydrogens is 218 g/mol. The van der Waals surface area contributed by atoms with E-state index in [1.807, 2.05) is 0 Å². The van der Waals surface area contributed by atoms with E-state index < -0.39 is 6.10 Å². The van der Waals surface area contributed by atoms with Crippen molar-refractivity contribution in [3.8, 4) is 0 Å². The van der Waals surface area contributed by atoms with Crippen LogP contribution in [0.3, 0.4) is 0 Å². The molecule has 0 amide bonds. The molecule has 0 saturated carbocycles. The zero-order valence-corrected chi connectivity index (χ0v) is 8.37. The van der Waals surface area contributed by atoms with Crippen LogP contribution < -0.4 is 0 Å². The fourth-order valence-corrected chi connectivity index (χ4v) is 1.56. The average Bonchev–Trinajstić information content (AvgIpc) is 2.03. The van der Waals surface area contributed by atoms with E-state index in [-0.39, 0.29) is 5.88 Å². The summed E-state index contributed by atoms with van der Waals surface area (Å²) in [6, 6.07) is 4.91. The molecule has 0 aliphatic heterocycles. The molecule has 1 rings (SSSR count). The van der Waals surface area contributed by atoms with Crippen LogP contribution in [-0.2, 0) is 0 Å². The molecule has 0 heterocycles. The lowest BCUT2D eigenvalue weighted by atomic mass is 10.1. The summed E-state index contributed by atoms with van der Waals surface area (Å²) in [6.07, 6.45) is -0.726. The molecule has 1 aromatic rings. The lowest BCUT2D eigenvalue weighted by molar-refractivity contribution is 0.203. The second kappa shape index (κ2) is 4.33. The molecule has 0 saturated heterocycles. The van der Waals surface area contributed by atoms with Gasteiger partial charge in [-0.15, -0.1) is 11.6 Å². The molecule has 0 bridgehead atoms. The van der Waals surface area contributed by atoms with Gasteiger partial charge in [-0.25, -0.2) is 0 Å². The topological polar surface area (TPSA) is 20.2 Å². The molecule has 1 atom stereocenters. The Morgan fingerprint density at radius 1 is 1.33 bits per heavy atom. The summed E-state index contributed by atoms with van der Waals surface area (Å²) in [7, 11) is 0. The normalized spacial score (nSPS) is 13.0. The lowest BCUT2D eigenvalue weighted by Crippen LogP contribution is -1.98. The molecule has 0 aliphatic carbocycles. The van der Waals surface area contributed by atoms with Crippen molar-refractivity contribution < 1.29 is 5.11 Å². The van der Waals surface area contributed by atoms with Crippen LogP contribution in [-0.4, -0.2) is 11.0 Å². The van der Waals surface area contributed by atoms with Crippen molar-refractivity contribution in [3.05, 3.63) is 33.8 Å². The Bertz CT molecular complexity index is 275. The summed E-state index contributed by atoms with van der Waals surface area (Å²) in [6.45, 7) is 0. The highest BCUT2D eigenvalue weighted by Gasteiger charge is 2.09. The average molecular weight is 226 g/mol. The highest BCUT2D eigenvalue weighted by Crippen LogP contribution is 2.26. The fraction of sp³-hybridized carbons (Fsp3) is 0.250. The quantitative estimate of drug-likeness (QED) is 0.766. The minimum Gasteiger partial charge on any atom is -0.387 e. The molecule has 1 aromatic carbocycles. The molecule has 1 unspecified atom stereocenters. The summed E-state index contributed by atoms with van der Waals surface area (Å²) in [4.78, 5) is 0. The van der Waals surface area contributed by atoms with Gasteiger partial charge in [0.1, 0.15) is 0 Å². The van der Waals surface area contributed by atoms with Crippen molar-refractivity contribution in [2.45, 2.75) is 6.10 Å². The number of aliphatic hydroxyl groups is 1. The second-order valence-corrected chi connectivity index (χ2v) is 3.49. The van der Waals surface area contributed by atoms with Gasteiger partial charge in [0.05, 0.1) is 12.0 Å². The maximum Gasteiger partial charge on any atom is 0.0939 e. The molecule has 12 heavy (non-hydrogen) atoms. The SMILES string of the molecule is OC(CCl)c1ccc(Cl)cc1Cl. The van der Waals surface area contributed by atoms with Crippen LogP contribution in [0.4, 0.5) is 0 Å². The number of hydrogen-bond donors (Lipinski definition) is 1. The molecule has 0 aliphatic rings. The minimum atomic E-state index is -0.726. The first-order valence-corrected chi connectivity index (χ1v) is 4.63. The predicted molar refractivity (Wildman–Crippen MR) is 52.1 cm³/mol. The Balaban J connectivity index is 3.01. The van der Waals surface area contributed by atoms with Crippen LogP contribution in [0.2, 0.25) is 10.0 Å². The summed E-state index contributed by atoms with van der Waals surface area (Å²) in [5, 5.41) is 10.3. The molecule has 66 valence electrons. The van der Waals surface area contributed by atoms with Crippen LogP contribution in [0.15, 0.2) is 18.2 Å². The molecule has 1 N–H and O–H groups in total. The van der Waals surface area contributed by atoms with Crippen molar-refractivity contribution in [2.24, 2.45) is 0 Å². The zero-order valence-electron chi connectivity index (χ0n) is 6.10. The summed E-state index contributed by atoms with van der Waals surface area (Å²) in [5.41, 5.74) is 0.607. The number of alkyl halides is 1. The van der Waals surface area contributed by atoms with Gasteiger partial charge >= 0.3 is 0 Å². The molecule has 0 fully saturated rings. The predicted octanol–water partition coefficient (Wildman–Crippen LogP) is 3.27. The first-order chi connectivity index (χ1) is 5.65. The maximum absolute atomic E-state index is 9.34. The Labute approximate surface area is 85.9 Å². The van der Waals surface area contributed by atoms with E-state index >= 15 is 0 Å². The van der Waals surface area contributed by atoms with Gasteiger partial charge in [0.25, 0.3) is 0 Å². The van der Waals surface area contributed by atoms with Gasteiger partial charge in [-0.2, -0.15) is 0 Å². The second-order valence-electron chi connectivity index (χ2n) is 2.34. The molecule has 0 aromatic heterocycles. The van der Waals surface area contributed by atoms with E-state index in [0.29, 0.717) is 15.6 Å². The molecule has 0 radical (unpaired) electrons. The van der Waals surface area contributed by atoms with E-state index in [4.69, 9.17) is 34.8 Å². The van der Waals surface area contributed by atoms with Crippen LogP contribution in [0, 0.1) is 0 Å². The first kappa shape index (κ1) is 10.1. The van der Waals surface area contributed by atoms with E-state index in [1.54, 1.807) is 18.2 Å². The molecule has 0 spiro atoms. The minimum absolute atomic E-state index is 0.126. The molecular formula is C8H7Cl3O. The van der Waals surface area contributed by atoms with Crippen molar-refractivity contribution in [1.82, 2.24) is 0 Å². The van der Waals surface area contributed by atoms with Gasteiger partial charge in [0.2, 0.25) is 0 Å². The molecule has 4 heteroatoms. The number of aliphatic hydroxyl groups excluding tert-OH is 1. The van der Waals surface area contributed by atoms with E-state index in [9.17, 15) is 5.11 Å². The van der Waals surface area contributed by atoms with Crippen LogP contribution in [0.5, 0.6) is 0 Å². The van der Waals surface area contributed by atoms with Crippen LogP contribution in [0.1, 0.15) is 11.7 Å². The summed E-state index contributed by atoms with van der Waals surface area (Å²) < 4.78 is 0. The third-order valence-electron chi connectivity index (χ3n) is 1.47. The van der Waals surface area contributed by atoms with Gasteiger partial charge < -0.3 is 5.11 Å². The Hall–Kier alpha value is 0.0500. The third-order valence-corrected chi connectivity index (χ3v) is 2.32. The zero-order chi connectivity index (χ0) is 9.14. The van der Waals surface area contributed by atoms with E-state index in [0.717, 1.165) is 0 Å². The third kappa shape index (κ3) is 2.27. The fourth-order valence-electron chi connectivity index (χ4n) is 0.855. The smallest absolute Gasteiger partial charge is 0.0939 e. The van der Waals surface area contributed by atoms with Gasteiger partial charge in [0, 0.05) is 15.6 Å². The van der Waals surface area contributed by atoms with Gasteiger partial charge in [-0.1, -0.05) is 29.3 Å². The largest absolute Gasteiger partial charge is 0.387 e. The Morgan fingerprint density at radius 2 is 2.00 bits per heavy atom. The van der Waals surface area contributed by atoms with Gasteiger partial charge in [-0.05, 0) is 12.1 Å². The monoisotopic (exact) mass is 224 g/mol.